The fourth-order valence-corrected chi connectivity index (χ4v) is 2.05. The van der Waals surface area contributed by atoms with Crippen molar-refractivity contribution in [2.24, 2.45) is 0 Å². The summed E-state index contributed by atoms with van der Waals surface area (Å²) in [5.74, 6) is 0.836. The Bertz CT molecular complexity index is 570. The molecule has 1 amide bonds. The van der Waals surface area contributed by atoms with Crippen LogP contribution in [0.1, 0.15) is 5.56 Å². The summed E-state index contributed by atoms with van der Waals surface area (Å²) in [7, 11) is 1.65. The minimum absolute atomic E-state index is 0.0197. The van der Waals surface area contributed by atoms with Gasteiger partial charge in [-0.15, -0.1) is 0 Å². The molecule has 4 heteroatoms. The van der Waals surface area contributed by atoms with Crippen LogP contribution in [0, 0.1) is 0 Å². The van der Waals surface area contributed by atoms with Gasteiger partial charge >= 0.3 is 0 Å². The molecular weight excluding hydrogens is 264 g/mol. The summed E-state index contributed by atoms with van der Waals surface area (Å²) < 4.78 is 5.28. The van der Waals surface area contributed by atoms with Crippen molar-refractivity contribution >= 4 is 11.6 Å². The van der Waals surface area contributed by atoms with Crippen LogP contribution in [-0.2, 0) is 11.2 Å². The van der Waals surface area contributed by atoms with Gasteiger partial charge in [0.25, 0.3) is 0 Å². The van der Waals surface area contributed by atoms with Crippen molar-refractivity contribution in [2.75, 3.05) is 25.5 Å². The van der Waals surface area contributed by atoms with Gasteiger partial charge in [0.05, 0.1) is 13.7 Å². The van der Waals surface area contributed by atoms with Crippen molar-refractivity contribution in [3.05, 3.63) is 60.2 Å². The van der Waals surface area contributed by atoms with Crippen molar-refractivity contribution in [2.45, 2.75) is 6.42 Å². The standard InChI is InChI=1S/C17H20N2O2/c1-21-16-10-6-5-7-14(16)11-12-18-17(20)13-19-15-8-3-2-4-9-15/h2-10,19H,11-13H2,1H3,(H,18,20). The molecule has 4 nitrogen and oxygen atoms in total. The van der Waals surface area contributed by atoms with Gasteiger partial charge < -0.3 is 15.4 Å². The van der Waals surface area contributed by atoms with E-state index in [1.165, 1.54) is 0 Å². The molecule has 0 bridgehead atoms. The van der Waals surface area contributed by atoms with Crippen molar-refractivity contribution in [1.82, 2.24) is 5.32 Å². The molecule has 21 heavy (non-hydrogen) atoms. The molecule has 0 aromatic heterocycles. The largest absolute Gasteiger partial charge is 0.496 e. The van der Waals surface area contributed by atoms with Gasteiger partial charge in [-0.1, -0.05) is 36.4 Å². The molecule has 2 rings (SSSR count). The molecule has 0 spiro atoms. The monoisotopic (exact) mass is 284 g/mol. The summed E-state index contributed by atoms with van der Waals surface area (Å²) in [5.41, 5.74) is 2.04. The van der Waals surface area contributed by atoms with Crippen LogP contribution in [0.2, 0.25) is 0 Å². The molecule has 0 aliphatic rings. The number of anilines is 1. The number of para-hydroxylation sites is 2. The Morgan fingerprint density at radius 1 is 1.05 bits per heavy atom. The minimum Gasteiger partial charge on any atom is -0.496 e. The predicted octanol–water partition coefficient (Wildman–Crippen LogP) is 2.47. The van der Waals surface area contributed by atoms with Gasteiger partial charge in [-0.3, -0.25) is 4.79 Å². The number of methoxy groups -OCH3 is 1. The number of amides is 1. The Morgan fingerprint density at radius 3 is 2.52 bits per heavy atom. The lowest BCUT2D eigenvalue weighted by Gasteiger charge is -2.10. The first-order valence-electron chi connectivity index (χ1n) is 6.97. The van der Waals surface area contributed by atoms with E-state index in [0.29, 0.717) is 6.54 Å². The third kappa shape index (κ3) is 4.84. The van der Waals surface area contributed by atoms with Gasteiger partial charge in [0.2, 0.25) is 5.91 Å². The SMILES string of the molecule is COc1ccccc1CCNC(=O)CNc1ccccc1. The second-order valence-corrected chi connectivity index (χ2v) is 4.63. The van der Waals surface area contributed by atoms with E-state index >= 15 is 0 Å². The van der Waals surface area contributed by atoms with E-state index in [1.54, 1.807) is 7.11 Å². The Hall–Kier alpha value is -2.49. The maximum absolute atomic E-state index is 11.8. The summed E-state index contributed by atoms with van der Waals surface area (Å²) in [6, 6.07) is 17.5. The minimum atomic E-state index is -0.0197. The lowest BCUT2D eigenvalue weighted by atomic mass is 10.1. The maximum atomic E-state index is 11.8. The van der Waals surface area contributed by atoms with Crippen LogP contribution in [-0.4, -0.2) is 26.1 Å². The van der Waals surface area contributed by atoms with E-state index in [0.717, 1.165) is 23.4 Å². The molecule has 0 saturated carbocycles. The van der Waals surface area contributed by atoms with Crippen LogP contribution in [0.5, 0.6) is 5.75 Å². The lowest BCUT2D eigenvalue weighted by molar-refractivity contribution is -0.119. The van der Waals surface area contributed by atoms with Gasteiger partial charge in [0.15, 0.2) is 0 Å². The number of benzene rings is 2. The van der Waals surface area contributed by atoms with E-state index in [1.807, 2.05) is 54.6 Å². The van der Waals surface area contributed by atoms with Crippen LogP contribution in [0.15, 0.2) is 54.6 Å². The van der Waals surface area contributed by atoms with Gasteiger partial charge in [0, 0.05) is 12.2 Å². The van der Waals surface area contributed by atoms with Crippen molar-refractivity contribution in [3.63, 3.8) is 0 Å². The molecular formula is C17H20N2O2. The third-order valence-electron chi connectivity index (χ3n) is 3.14. The quantitative estimate of drug-likeness (QED) is 0.821. The zero-order valence-electron chi connectivity index (χ0n) is 12.1. The number of carbonyl (C=O) groups excluding carboxylic acids is 1. The number of carbonyl (C=O) groups is 1. The normalized spacial score (nSPS) is 9.95. The fraction of sp³-hybridized carbons (Fsp3) is 0.235. The fourth-order valence-electron chi connectivity index (χ4n) is 2.05. The molecule has 0 aliphatic heterocycles. The van der Waals surface area contributed by atoms with Crippen molar-refractivity contribution in [3.8, 4) is 5.75 Å². The van der Waals surface area contributed by atoms with Gasteiger partial charge in [-0.2, -0.15) is 0 Å². The highest BCUT2D eigenvalue weighted by atomic mass is 16.5. The number of nitrogens with one attached hydrogen (secondary N) is 2. The molecule has 0 saturated heterocycles. The third-order valence-corrected chi connectivity index (χ3v) is 3.14. The zero-order chi connectivity index (χ0) is 14.9. The molecule has 0 aliphatic carbocycles. The van der Waals surface area contributed by atoms with Gasteiger partial charge in [-0.05, 0) is 30.2 Å². The average Bonchev–Trinajstić information content (AvgIpc) is 2.54. The smallest absolute Gasteiger partial charge is 0.239 e. The highest BCUT2D eigenvalue weighted by molar-refractivity contribution is 5.80. The molecule has 0 atom stereocenters. The average molecular weight is 284 g/mol. The van der Waals surface area contributed by atoms with E-state index in [9.17, 15) is 4.79 Å². The summed E-state index contributed by atoms with van der Waals surface area (Å²) in [5, 5.41) is 5.97. The van der Waals surface area contributed by atoms with Crippen LogP contribution in [0.4, 0.5) is 5.69 Å². The Kier molecular flexibility index (Phi) is 5.64. The zero-order valence-corrected chi connectivity index (χ0v) is 12.1. The predicted molar refractivity (Wildman–Crippen MR) is 84.6 cm³/mol. The first kappa shape index (κ1) is 14.9. The lowest BCUT2D eigenvalue weighted by Crippen LogP contribution is -2.31. The maximum Gasteiger partial charge on any atom is 0.239 e. The van der Waals surface area contributed by atoms with E-state index in [2.05, 4.69) is 10.6 Å². The molecule has 2 N–H and O–H groups in total. The Morgan fingerprint density at radius 2 is 1.76 bits per heavy atom. The van der Waals surface area contributed by atoms with Crippen LogP contribution in [0.25, 0.3) is 0 Å². The molecule has 0 fully saturated rings. The summed E-state index contributed by atoms with van der Waals surface area (Å²) >= 11 is 0. The highest BCUT2D eigenvalue weighted by Crippen LogP contribution is 2.17. The molecule has 2 aromatic carbocycles. The van der Waals surface area contributed by atoms with E-state index in [4.69, 9.17) is 4.74 Å². The second-order valence-electron chi connectivity index (χ2n) is 4.63. The molecule has 0 radical (unpaired) electrons. The Labute approximate surface area is 125 Å². The molecule has 110 valence electrons. The highest BCUT2D eigenvalue weighted by Gasteiger charge is 2.03. The van der Waals surface area contributed by atoms with Crippen LogP contribution >= 0.6 is 0 Å². The first-order chi connectivity index (χ1) is 10.3. The summed E-state index contributed by atoms with van der Waals surface area (Å²) in [6.07, 6.45) is 0.751. The number of ether oxygens (including phenoxy) is 1. The van der Waals surface area contributed by atoms with Crippen molar-refractivity contribution < 1.29 is 9.53 Å². The topological polar surface area (TPSA) is 50.4 Å². The molecule has 0 heterocycles. The number of hydrogen-bond acceptors (Lipinski definition) is 3. The summed E-state index contributed by atoms with van der Waals surface area (Å²) in [6.45, 7) is 0.867. The van der Waals surface area contributed by atoms with Crippen molar-refractivity contribution in [1.29, 1.82) is 0 Å². The van der Waals surface area contributed by atoms with Crippen LogP contribution < -0.4 is 15.4 Å². The summed E-state index contributed by atoms with van der Waals surface area (Å²) in [4.78, 5) is 11.8. The van der Waals surface area contributed by atoms with Gasteiger partial charge in [0.1, 0.15) is 5.75 Å². The number of rotatable bonds is 7. The van der Waals surface area contributed by atoms with E-state index < -0.39 is 0 Å². The molecule has 2 aromatic rings. The van der Waals surface area contributed by atoms with Crippen LogP contribution in [0.3, 0.4) is 0 Å². The Balaban J connectivity index is 1.72. The number of hydrogen-bond donors (Lipinski definition) is 2. The second kappa shape index (κ2) is 7.94. The van der Waals surface area contributed by atoms with E-state index in [-0.39, 0.29) is 12.5 Å². The van der Waals surface area contributed by atoms with Gasteiger partial charge in [-0.25, -0.2) is 0 Å². The first-order valence-corrected chi connectivity index (χ1v) is 6.97. The molecule has 0 unspecified atom stereocenters.